The van der Waals surface area contributed by atoms with Gasteiger partial charge in [0.15, 0.2) is 0 Å². The van der Waals surface area contributed by atoms with Crippen LogP contribution in [0.2, 0.25) is 5.02 Å². The van der Waals surface area contributed by atoms with Gasteiger partial charge in [-0.15, -0.1) is 0 Å². The van der Waals surface area contributed by atoms with Crippen LogP contribution in [0.5, 0.6) is 11.6 Å². The van der Waals surface area contributed by atoms with Crippen molar-refractivity contribution in [2.75, 3.05) is 14.1 Å². The molecule has 0 saturated heterocycles. The molecule has 23 heavy (non-hydrogen) atoms. The second kappa shape index (κ2) is 6.22. The summed E-state index contributed by atoms with van der Waals surface area (Å²) in [6.07, 6.45) is 1.42. The summed E-state index contributed by atoms with van der Waals surface area (Å²) in [7, 11) is 3.41. The normalized spacial score (nSPS) is 10.6. The zero-order valence-corrected chi connectivity index (χ0v) is 13.4. The first-order valence-electron chi connectivity index (χ1n) is 6.94. The minimum absolute atomic E-state index is 0.0882. The van der Waals surface area contributed by atoms with Crippen molar-refractivity contribution >= 4 is 28.4 Å². The molecule has 0 atom stereocenters. The van der Waals surface area contributed by atoms with E-state index >= 15 is 0 Å². The quantitative estimate of drug-likeness (QED) is 0.734. The summed E-state index contributed by atoms with van der Waals surface area (Å²) in [5.41, 5.74) is 1.25. The molecule has 1 heterocycles. The summed E-state index contributed by atoms with van der Waals surface area (Å²) in [5.74, 6) is 0.864. The number of halogens is 1. The van der Waals surface area contributed by atoms with Crippen molar-refractivity contribution in [1.82, 2.24) is 14.9 Å². The number of hydrogen-bond acceptors (Lipinski definition) is 4. The van der Waals surface area contributed by atoms with Crippen molar-refractivity contribution in [3.05, 3.63) is 59.4 Å². The highest BCUT2D eigenvalue weighted by atomic mass is 35.5. The second-order valence-corrected chi connectivity index (χ2v) is 5.61. The van der Waals surface area contributed by atoms with Gasteiger partial charge in [0.25, 0.3) is 5.91 Å². The van der Waals surface area contributed by atoms with Crippen LogP contribution in [0.1, 0.15) is 10.4 Å². The molecule has 0 aliphatic rings. The lowest BCUT2D eigenvalue weighted by Gasteiger charge is -2.12. The van der Waals surface area contributed by atoms with Gasteiger partial charge in [-0.2, -0.15) is 0 Å². The van der Waals surface area contributed by atoms with E-state index < -0.39 is 0 Å². The Labute approximate surface area is 138 Å². The van der Waals surface area contributed by atoms with Gasteiger partial charge in [0.2, 0.25) is 5.88 Å². The zero-order valence-electron chi connectivity index (χ0n) is 12.7. The first kappa shape index (κ1) is 15.2. The minimum Gasteiger partial charge on any atom is -0.438 e. The third-order valence-corrected chi connectivity index (χ3v) is 3.50. The van der Waals surface area contributed by atoms with Crippen molar-refractivity contribution in [3.63, 3.8) is 0 Å². The third kappa shape index (κ3) is 3.24. The Morgan fingerprint density at radius 2 is 1.96 bits per heavy atom. The maximum absolute atomic E-state index is 12.0. The van der Waals surface area contributed by atoms with Crippen molar-refractivity contribution < 1.29 is 9.53 Å². The lowest BCUT2D eigenvalue weighted by Crippen LogP contribution is -2.21. The molecule has 3 rings (SSSR count). The van der Waals surface area contributed by atoms with E-state index in [1.807, 2.05) is 6.07 Å². The zero-order chi connectivity index (χ0) is 16.4. The van der Waals surface area contributed by atoms with Gasteiger partial charge in [0.1, 0.15) is 12.1 Å². The predicted octanol–water partition coefficient (Wildman–Crippen LogP) is 3.78. The summed E-state index contributed by atoms with van der Waals surface area (Å²) in [6.45, 7) is 0. The molecule has 0 radical (unpaired) electrons. The molecule has 1 aromatic heterocycles. The lowest BCUT2D eigenvalue weighted by atomic mass is 10.2. The maximum atomic E-state index is 12.0. The van der Waals surface area contributed by atoms with Crippen molar-refractivity contribution in [3.8, 4) is 11.6 Å². The van der Waals surface area contributed by atoms with E-state index in [-0.39, 0.29) is 5.91 Å². The van der Waals surface area contributed by atoms with Crippen molar-refractivity contribution in [2.24, 2.45) is 0 Å². The van der Waals surface area contributed by atoms with E-state index in [2.05, 4.69) is 9.97 Å². The van der Waals surface area contributed by atoms with Crippen LogP contribution in [0, 0.1) is 0 Å². The minimum atomic E-state index is -0.0882. The Morgan fingerprint density at radius 3 is 2.74 bits per heavy atom. The van der Waals surface area contributed by atoms with Crippen LogP contribution >= 0.6 is 11.6 Å². The number of fused-ring (bicyclic) bond motifs is 1. The summed E-state index contributed by atoms with van der Waals surface area (Å²) < 4.78 is 5.84. The molecule has 6 heteroatoms. The maximum Gasteiger partial charge on any atom is 0.253 e. The Bertz CT molecular complexity index is 881. The largest absolute Gasteiger partial charge is 0.438 e. The highest BCUT2D eigenvalue weighted by molar-refractivity contribution is 6.31. The lowest BCUT2D eigenvalue weighted by molar-refractivity contribution is 0.0827. The molecule has 0 bridgehead atoms. The average molecular weight is 328 g/mol. The molecule has 2 aromatic carbocycles. The van der Waals surface area contributed by atoms with Crippen LogP contribution in [0.25, 0.3) is 10.9 Å². The van der Waals surface area contributed by atoms with Crippen LogP contribution in [0.15, 0.2) is 48.8 Å². The van der Waals surface area contributed by atoms with Gasteiger partial charge >= 0.3 is 0 Å². The highest BCUT2D eigenvalue weighted by Gasteiger charge is 2.11. The summed E-state index contributed by atoms with van der Waals surface area (Å²) in [6, 6.07) is 12.3. The van der Waals surface area contributed by atoms with Crippen LogP contribution in [-0.4, -0.2) is 34.9 Å². The predicted molar refractivity (Wildman–Crippen MR) is 89.1 cm³/mol. The molecule has 0 N–H and O–H groups in total. The number of aromatic nitrogens is 2. The van der Waals surface area contributed by atoms with Crippen molar-refractivity contribution in [1.29, 1.82) is 0 Å². The molecule has 0 spiro atoms. The summed E-state index contributed by atoms with van der Waals surface area (Å²) in [4.78, 5) is 21.9. The first-order chi connectivity index (χ1) is 11.0. The number of carbonyl (C=O) groups is 1. The van der Waals surface area contributed by atoms with Gasteiger partial charge in [-0.3, -0.25) is 4.79 Å². The summed E-state index contributed by atoms with van der Waals surface area (Å²) >= 11 is 5.97. The molecule has 1 amide bonds. The number of benzene rings is 2. The molecule has 0 aliphatic carbocycles. The van der Waals surface area contributed by atoms with Gasteiger partial charge in [0, 0.05) is 24.7 Å². The van der Waals surface area contributed by atoms with Gasteiger partial charge in [0.05, 0.1) is 10.9 Å². The fourth-order valence-electron chi connectivity index (χ4n) is 2.15. The van der Waals surface area contributed by atoms with Crippen LogP contribution < -0.4 is 4.74 Å². The molecule has 0 aliphatic heterocycles. The second-order valence-electron chi connectivity index (χ2n) is 5.17. The smallest absolute Gasteiger partial charge is 0.253 e. The number of ether oxygens (including phenoxy) is 1. The molecule has 116 valence electrons. The Balaban J connectivity index is 1.97. The number of amides is 1. The van der Waals surface area contributed by atoms with Crippen molar-refractivity contribution in [2.45, 2.75) is 0 Å². The Hall–Kier alpha value is -2.66. The number of nitrogens with zero attached hydrogens (tertiary/aromatic N) is 3. The van der Waals surface area contributed by atoms with Gasteiger partial charge in [-0.05, 0) is 36.4 Å². The van der Waals surface area contributed by atoms with E-state index in [1.165, 1.54) is 11.2 Å². The molecule has 3 aromatic rings. The fourth-order valence-corrected chi connectivity index (χ4v) is 2.32. The van der Waals surface area contributed by atoms with E-state index in [9.17, 15) is 4.79 Å². The average Bonchev–Trinajstić information content (AvgIpc) is 2.54. The number of hydrogen-bond donors (Lipinski definition) is 0. The summed E-state index contributed by atoms with van der Waals surface area (Å²) in [5, 5.41) is 1.35. The van der Waals surface area contributed by atoms with E-state index in [1.54, 1.807) is 50.5 Å². The topological polar surface area (TPSA) is 55.3 Å². The monoisotopic (exact) mass is 327 g/mol. The van der Waals surface area contributed by atoms with Crippen LogP contribution in [0.3, 0.4) is 0 Å². The Morgan fingerprint density at radius 1 is 1.13 bits per heavy atom. The molecule has 0 fully saturated rings. The van der Waals surface area contributed by atoms with Crippen LogP contribution in [-0.2, 0) is 0 Å². The first-order valence-corrected chi connectivity index (χ1v) is 7.32. The molecular weight excluding hydrogens is 314 g/mol. The van der Waals surface area contributed by atoms with Gasteiger partial charge in [-0.25, -0.2) is 9.97 Å². The Kier molecular flexibility index (Phi) is 4.12. The van der Waals surface area contributed by atoms with E-state index in [0.29, 0.717) is 27.7 Å². The molecule has 0 unspecified atom stereocenters. The third-order valence-electron chi connectivity index (χ3n) is 3.26. The van der Waals surface area contributed by atoms with Gasteiger partial charge < -0.3 is 9.64 Å². The van der Waals surface area contributed by atoms with E-state index in [4.69, 9.17) is 16.3 Å². The fraction of sp³-hybridized carbons (Fsp3) is 0.118. The molecule has 5 nitrogen and oxygen atoms in total. The SMILES string of the molecule is CN(C)C(=O)c1cccc(Oc2ncnc3cc(Cl)ccc23)c1. The molecule has 0 saturated carbocycles. The standard InChI is InChI=1S/C17H14ClN3O2/c1-21(2)17(22)11-4-3-5-13(8-11)23-16-14-7-6-12(18)9-15(14)19-10-20-16/h3-10H,1-2H3. The van der Waals surface area contributed by atoms with Crippen LogP contribution in [0.4, 0.5) is 0 Å². The number of rotatable bonds is 3. The van der Waals surface area contributed by atoms with E-state index in [0.717, 1.165) is 5.39 Å². The van der Waals surface area contributed by atoms with Gasteiger partial charge in [-0.1, -0.05) is 17.7 Å². The number of carbonyl (C=O) groups excluding carboxylic acids is 1. The molecular formula is C17H14ClN3O2. The highest BCUT2D eigenvalue weighted by Crippen LogP contribution is 2.28.